The minimum absolute atomic E-state index is 0.0370. The Bertz CT molecular complexity index is 3090. The minimum atomic E-state index is -4.76. The molecule has 6 rings (SSSR count). The summed E-state index contributed by atoms with van der Waals surface area (Å²) in [4.78, 5) is 172. The average Bonchev–Trinajstić information content (AvgIpc) is 1.80. The van der Waals surface area contributed by atoms with Gasteiger partial charge in [0.1, 0.15) is 47.5 Å². The normalized spacial score (nSPS) is 25.9. The lowest BCUT2D eigenvalue weighted by molar-refractivity contribution is -0.150. The second-order valence-electron chi connectivity index (χ2n) is 25.1. The zero-order chi connectivity index (χ0) is 67.6. The maximum absolute atomic E-state index is 15.2. The molecule has 2 aliphatic heterocycles. The van der Waals surface area contributed by atoms with Gasteiger partial charge < -0.3 is 50.2 Å². The Kier molecular flexibility index (Phi) is 25.2. The highest BCUT2D eigenvalue weighted by Gasteiger charge is 2.50. The Morgan fingerprint density at radius 2 is 1.29 bits per heavy atom. The van der Waals surface area contributed by atoms with Crippen molar-refractivity contribution in [1.29, 1.82) is 0 Å². The highest BCUT2D eigenvalue weighted by molar-refractivity contribution is 6.41. The van der Waals surface area contributed by atoms with Crippen LogP contribution in [0.1, 0.15) is 135 Å². The second kappa shape index (κ2) is 31.4. The molecule has 11 amide bonds. The largest absolute Gasteiger partial charge is 0.417 e. The van der Waals surface area contributed by atoms with Crippen LogP contribution in [0.2, 0.25) is 10.0 Å². The van der Waals surface area contributed by atoms with E-state index < -0.39 is 149 Å². The number of carbonyl (C=O) groups excluding carboxylic acids is 11. The van der Waals surface area contributed by atoms with Crippen molar-refractivity contribution in [1.82, 2.24) is 50.2 Å². The van der Waals surface area contributed by atoms with Crippen molar-refractivity contribution in [2.45, 2.75) is 185 Å². The number of hydrogen-bond donors (Lipinski definition) is 3. The quantitative estimate of drug-likeness (QED) is 0.299. The van der Waals surface area contributed by atoms with Crippen LogP contribution in [0.3, 0.4) is 0 Å². The summed E-state index contributed by atoms with van der Waals surface area (Å²) in [5.74, 6) is -8.46. The number of hydrogen-bond acceptors (Lipinski definition) is 11. The molecule has 2 aromatic rings. The lowest BCUT2D eigenvalue weighted by Gasteiger charge is -2.40. The van der Waals surface area contributed by atoms with E-state index in [-0.39, 0.29) is 68.7 Å². The van der Waals surface area contributed by atoms with E-state index in [1.165, 1.54) is 72.0 Å². The van der Waals surface area contributed by atoms with E-state index in [0.717, 1.165) is 49.5 Å². The first kappa shape index (κ1) is 72.9. The van der Waals surface area contributed by atoms with E-state index in [0.29, 0.717) is 49.1 Å². The molecule has 2 aliphatic carbocycles. The molecule has 2 heterocycles. The fourth-order valence-corrected chi connectivity index (χ4v) is 12.8. The fourth-order valence-electron chi connectivity index (χ4n) is 12.4. The number of aryl methyl sites for hydroxylation is 1. The molecule has 2 saturated carbocycles. The molecule has 3 N–H and O–H groups in total. The Morgan fingerprint density at radius 1 is 0.670 bits per heavy atom. The van der Waals surface area contributed by atoms with E-state index in [9.17, 15) is 56.3 Å². The van der Waals surface area contributed by atoms with Crippen LogP contribution in [0.4, 0.5) is 13.2 Å². The number of nitrogens with one attached hydrogen (secondary N) is 3. The minimum Gasteiger partial charge on any atom is -0.351 e. The Balaban J connectivity index is 1.39. The monoisotopic (exact) mass is 1310 g/mol. The van der Waals surface area contributed by atoms with Crippen molar-refractivity contribution in [3.05, 3.63) is 69.2 Å². The molecule has 1 spiro atoms. The molecule has 8 atom stereocenters. The summed E-state index contributed by atoms with van der Waals surface area (Å²) in [6.07, 6.45) is -0.276. The molecule has 91 heavy (non-hydrogen) atoms. The topological polar surface area (TPSA) is 259 Å². The van der Waals surface area contributed by atoms with Crippen LogP contribution in [-0.4, -0.2) is 215 Å². The number of benzene rings is 2. The number of fused-ring (bicyclic) bond motifs is 1. The lowest BCUT2D eigenvalue weighted by atomic mass is 9.90. The first-order chi connectivity index (χ1) is 42.7. The standard InChI is InChI=1S/C64H88Cl2F3N11O11/c1-12-37(2)53-61(90)75(7)35-51(82)74(6)36-52(83)78(10)49(34-42-21-25-44(65)26-22-42)60(89)77(9)40(5)55(84)71-47(28-24-41-23-27-45(46(66)33-41)64(67,68)69)59(88)80-31-17-20-48(80)57(86)73-63(29-15-16-30-63)62(91)79(11)54(43-18-13-14-19-43)58(87)70-38(3)32-50(81)76(8)39(4)56(85)72-53/h21-23,25-27,33,37-40,43,47-49,54H,12-20,24,28-32,34-36H2,1-11H3,(H,70,87)(H,71,84)(H,73,86)/t37-,38+,39-,40+,47-,48-,49-,54-/m0/s1. The average molecular weight is 1320 g/mol. The molecule has 27 heteroatoms. The van der Waals surface area contributed by atoms with Crippen molar-refractivity contribution in [2.24, 2.45) is 16.8 Å². The van der Waals surface area contributed by atoms with E-state index >= 15 is 9.59 Å². The highest BCUT2D eigenvalue weighted by atomic mass is 35.5. The molecular weight excluding hydrogens is 1230 g/mol. The van der Waals surface area contributed by atoms with Crippen LogP contribution >= 0.6 is 23.2 Å². The maximum Gasteiger partial charge on any atom is 0.417 e. The molecule has 0 radical (unpaired) electrons. The van der Waals surface area contributed by atoms with Crippen molar-refractivity contribution in [3.8, 4) is 0 Å². The van der Waals surface area contributed by atoms with Gasteiger partial charge in [0.2, 0.25) is 53.2 Å². The number of rotatable bonds is 8. The third-order valence-electron chi connectivity index (χ3n) is 18.6. The number of halogens is 5. The van der Waals surface area contributed by atoms with Gasteiger partial charge in [-0.3, -0.25) is 52.7 Å². The van der Waals surface area contributed by atoms with Gasteiger partial charge in [-0.05, 0) is 120 Å². The zero-order valence-electron chi connectivity index (χ0n) is 53.9. The molecule has 2 aromatic carbocycles. The number of nitrogens with zero attached hydrogens (tertiary/aromatic N) is 8. The summed E-state index contributed by atoms with van der Waals surface area (Å²) in [7, 11) is 8.23. The predicted octanol–water partition coefficient (Wildman–Crippen LogP) is 5.47. The van der Waals surface area contributed by atoms with Gasteiger partial charge >= 0.3 is 6.18 Å². The smallest absolute Gasteiger partial charge is 0.351 e. The van der Waals surface area contributed by atoms with E-state index in [4.69, 9.17) is 23.2 Å². The van der Waals surface area contributed by atoms with Gasteiger partial charge in [0, 0.05) is 78.7 Å². The Morgan fingerprint density at radius 3 is 1.89 bits per heavy atom. The number of alkyl halides is 3. The van der Waals surface area contributed by atoms with E-state index in [2.05, 4.69) is 20.9 Å². The molecular formula is C64H88Cl2F3N11O11. The first-order valence-corrected chi connectivity index (χ1v) is 32.0. The van der Waals surface area contributed by atoms with Crippen LogP contribution < -0.4 is 16.0 Å². The summed E-state index contributed by atoms with van der Waals surface area (Å²) in [5.41, 5.74) is -1.91. The van der Waals surface area contributed by atoms with Crippen LogP contribution in [0.25, 0.3) is 0 Å². The number of amides is 11. The molecule has 0 aromatic heterocycles. The molecule has 1 saturated heterocycles. The highest BCUT2D eigenvalue weighted by Crippen LogP contribution is 2.38. The van der Waals surface area contributed by atoms with E-state index in [1.54, 1.807) is 45.0 Å². The Labute approximate surface area is 540 Å². The fraction of sp³-hybridized carbons (Fsp3) is 0.625. The first-order valence-electron chi connectivity index (χ1n) is 31.2. The summed E-state index contributed by atoms with van der Waals surface area (Å²) >= 11 is 12.3. The van der Waals surface area contributed by atoms with Gasteiger partial charge in [0.25, 0.3) is 11.8 Å². The van der Waals surface area contributed by atoms with Gasteiger partial charge in [0.15, 0.2) is 0 Å². The SMILES string of the molecule is CC[C@H](C)C1=NC(=O)[C@H](C)N(C)C(=O)C[C@@H](C)NC(=O)[C@H](C2CCCC2)N(C)C(=O)C2(CCCC2)NC(=O)[C@@H]2CCCN2C(=O)[C@H](CCc2ccc(C(F)(F)F)c(Cl)c2)NC(=O)[C@@H](C)N(C)C(=O)[C@H](Cc2ccc(Cl)cc2)N(C)C(=O)CN(C)C(=O)CN(C)C1=O. The van der Waals surface area contributed by atoms with Crippen molar-refractivity contribution >= 4 is 93.9 Å². The zero-order valence-corrected chi connectivity index (χ0v) is 55.4. The van der Waals surface area contributed by atoms with Gasteiger partial charge in [-0.25, -0.2) is 4.99 Å². The second-order valence-corrected chi connectivity index (χ2v) is 26.0. The van der Waals surface area contributed by atoms with Crippen molar-refractivity contribution in [3.63, 3.8) is 0 Å². The predicted molar refractivity (Wildman–Crippen MR) is 335 cm³/mol. The lowest BCUT2D eigenvalue weighted by Crippen LogP contribution is -2.64. The van der Waals surface area contributed by atoms with Gasteiger partial charge in [0.05, 0.1) is 23.7 Å². The van der Waals surface area contributed by atoms with E-state index in [1.807, 2.05) is 0 Å². The van der Waals surface area contributed by atoms with Crippen molar-refractivity contribution in [2.75, 3.05) is 61.9 Å². The number of aliphatic imine (C=N–C) groups is 1. The Hall–Kier alpha value is -7.15. The van der Waals surface area contributed by atoms with Gasteiger partial charge in [-0.1, -0.05) is 80.9 Å². The van der Waals surface area contributed by atoms with Gasteiger partial charge in [-0.2, -0.15) is 13.2 Å². The summed E-state index contributed by atoms with van der Waals surface area (Å²) in [6, 6.07) is 1.25. The molecule has 3 fully saturated rings. The molecule has 0 unspecified atom stereocenters. The summed E-state index contributed by atoms with van der Waals surface area (Å²) < 4.78 is 41.4. The number of likely N-dealkylation sites (N-methyl/N-ethyl adjacent to an activating group) is 6. The van der Waals surface area contributed by atoms with Crippen LogP contribution in [0.5, 0.6) is 0 Å². The molecule has 500 valence electrons. The molecule has 0 bridgehead atoms. The van der Waals surface area contributed by atoms with Crippen LogP contribution in [0.15, 0.2) is 47.5 Å². The third-order valence-corrected chi connectivity index (χ3v) is 19.2. The summed E-state index contributed by atoms with van der Waals surface area (Å²) in [6.45, 7) is 6.77. The summed E-state index contributed by atoms with van der Waals surface area (Å²) in [5, 5.41) is 8.52. The van der Waals surface area contributed by atoms with Crippen LogP contribution in [0, 0.1) is 11.8 Å². The van der Waals surface area contributed by atoms with Crippen molar-refractivity contribution < 1.29 is 65.9 Å². The van der Waals surface area contributed by atoms with Gasteiger partial charge in [-0.15, -0.1) is 0 Å². The number of carbonyl (C=O) groups is 11. The maximum atomic E-state index is 15.2. The molecule has 4 aliphatic rings. The molecule has 22 nitrogen and oxygen atoms in total. The van der Waals surface area contributed by atoms with Crippen LogP contribution in [-0.2, 0) is 71.8 Å². The third kappa shape index (κ3) is 17.9.